The highest BCUT2D eigenvalue weighted by molar-refractivity contribution is 7.08. The van der Waals surface area contributed by atoms with E-state index in [0.717, 1.165) is 5.56 Å². The van der Waals surface area contributed by atoms with Crippen LogP contribution in [0, 0.1) is 6.92 Å². The summed E-state index contributed by atoms with van der Waals surface area (Å²) in [5.41, 5.74) is 1.04. The van der Waals surface area contributed by atoms with Crippen molar-refractivity contribution in [3.8, 4) is 0 Å². The number of aromatic nitrogens is 2. The first-order valence-corrected chi connectivity index (χ1v) is 8.20. The van der Waals surface area contributed by atoms with E-state index in [0.29, 0.717) is 24.7 Å². The van der Waals surface area contributed by atoms with Gasteiger partial charge in [-0.3, -0.25) is 4.79 Å². The fourth-order valence-electron chi connectivity index (χ4n) is 2.81. The Kier molecular flexibility index (Phi) is 4.26. The van der Waals surface area contributed by atoms with Gasteiger partial charge in [0.15, 0.2) is 5.82 Å². The van der Waals surface area contributed by atoms with Gasteiger partial charge in [0, 0.05) is 20.1 Å². The van der Waals surface area contributed by atoms with Gasteiger partial charge in [-0.15, -0.1) is 0 Å². The second-order valence-electron chi connectivity index (χ2n) is 5.56. The lowest BCUT2D eigenvalue weighted by Crippen LogP contribution is -2.35. The summed E-state index contributed by atoms with van der Waals surface area (Å²) in [7, 11) is 1.66. The van der Waals surface area contributed by atoms with Gasteiger partial charge in [0.2, 0.25) is 11.8 Å². The van der Waals surface area contributed by atoms with Gasteiger partial charge >= 0.3 is 0 Å². The van der Waals surface area contributed by atoms with Gasteiger partial charge in [0.25, 0.3) is 0 Å². The number of ether oxygens (including phenoxy) is 1. The molecule has 0 saturated carbocycles. The number of methoxy groups -OCH3 is 1. The first kappa shape index (κ1) is 15.2. The number of hydrogen-bond acceptors (Lipinski definition) is 6. The number of amides is 1. The zero-order valence-corrected chi connectivity index (χ0v) is 13.7. The molecule has 0 radical (unpaired) electrons. The van der Waals surface area contributed by atoms with E-state index in [1.54, 1.807) is 25.4 Å². The lowest BCUT2D eigenvalue weighted by Gasteiger charge is -2.24. The number of likely N-dealkylation sites (tertiary alicyclic amines) is 1. The molecule has 1 aliphatic rings. The molecule has 1 saturated heterocycles. The Balaban J connectivity index is 1.84. The normalized spacial score (nSPS) is 23.0. The van der Waals surface area contributed by atoms with E-state index in [9.17, 15) is 4.79 Å². The van der Waals surface area contributed by atoms with Crippen molar-refractivity contribution in [1.29, 1.82) is 0 Å². The molecule has 2 aromatic rings. The van der Waals surface area contributed by atoms with Crippen molar-refractivity contribution in [1.82, 2.24) is 15.0 Å². The van der Waals surface area contributed by atoms with Crippen LogP contribution in [0.25, 0.3) is 0 Å². The molecule has 1 aliphatic heterocycles. The second-order valence-corrected chi connectivity index (χ2v) is 6.34. The Labute approximate surface area is 133 Å². The molecule has 3 atom stereocenters. The minimum Gasteiger partial charge on any atom is -0.380 e. The second kappa shape index (κ2) is 6.18. The molecule has 0 aliphatic carbocycles. The standard InChI is InChI=1S/C15H19N3O3S/c1-9(11-4-5-22-8-11)15(19)18-7-12(20-3)6-13(18)14-16-10(2)17-21-14/h4-5,8-9,12-13H,6-7H2,1-3H3/t9?,12-,13-/m1/s1. The zero-order valence-electron chi connectivity index (χ0n) is 12.9. The van der Waals surface area contributed by atoms with Crippen molar-refractivity contribution in [3.05, 3.63) is 34.1 Å². The Morgan fingerprint density at radius 2 is 2.41 bits per heavy atom. The van der Waals surface area contributed by atoms with Crippen molar-refractivity contribution in [2.45, 2.75) is 38.3 Å². The predicted molar refractivity (Wildman–Crippen MR) is 81.6 cm³/mol. The molecule has 0 bridgehead atoms. The highest BCUT2D eigenvalue weighted by Crippen LogP contribution is 2.35. The Bertz CT molecular complexity index is 640. The van der Waals surface area contributed by atoms with Crippen LogP contribution < -0.4 is 0 Å². The summed E-state index contributed by atoms with van der Waals surface area (Å²) in [5.74, 6) is 0.948. The number of aryl methyl sites for hydroxylation is 1. The molecular formula is C15H19N3O3S. The lowest BCUT2D eigenvalue weighted by atomic mass is 10.0. The summed E-state index contributed by atoms with van der Waals surface area (Å²) in [4.78, 5) is 19.0. The summed E-state index contributed by atoms with van der Waals surface area (Å²) in [5, 5.41) is 7.84. The molecule has 1 amide bonds. The first-order valence-electron chi connectivity index (χ1n) is 7.25. The van der Waals surface area contributed by atoms with E-state index in [1.807, 2.05) is 28.7 Å². The third kappa shape index (κ3) is 2.78. The summed E-state index contributed by atoms with van der Waals surface area (Å²) in [6.07, 6.45) is 0.677. The SMILES string of the molecule is CO[C@@H]1C[C@H](c2nc(C)no2)N(C(=O)C(C)c2ccsc2)C1. The maximum absolute atomic E-state index is 12.9. The van der Waals surface area contributed by atoms with Crippen LogP contribution in [0.2, 0.25) is 0 Å². The number of hydrogen-bond donors (Lipinski definition) is 0. The minimum atomic E-state index is -0.209. The number of rotatable bonds is 4. The quantitative estimate of drug-likeness (QED) is 0.865. The fraction of sp³-hybridized carbons (Fsp3) is 0.533. The Morgan fingerprint density at radius 1 is 1.59 bits per heavy atom. The molecule has 3 rings (SSSR count). The number of carbonyl (C=O) groups excluding carboxylic acids is 1. The fourth-order valence-corrected chi connectivity index (χ4v) is 3.56. The third-order valence-electron chi connectivity index (χ3n) is 4.12. The van der Waals surface area contributed by atoms with Gasteiger partial charge in [0.05, 0.1) is 12.0 Å². The van der Waals surface area contributed by atoms with Gasteiger partial charge in [-0.05, 0) is 36.2 Å². The van der Waals surface area contributed by atoms with Crippen LogP contribution in [-0.4, -0.2) is 40.7 Å². The largest absolute Gasteiger partial charge is 0.380 e. The van der Waals surface area contributed by atoms with Crippen molar-refractivity contribution >= 4 is 17.2 Å². The summed E-state index contributed by atoms with van der Waals surface area (Å²) in [6.45, 7) is 4.26. The molecule has 0 aromatic carbocycles. The Morgan fingerprint density at radius 3 is 3.00 bits per heavy atom. The molecule has 7 heteroatoms. The monoisotopic (exact) mass is 321 g/mol. The average molecular weight is 321 g/mol. The van der Waals surface area contributed by atoms with Crippen LogP contribution in [0.4, 0.5) is 0 Å². The maximum Gasteiger partial charge on any atom is 0.249 e. The Hall–Kier alpha value is -1.73. The van der Waals surface area contributed by atoms with E-state index < -0.39 is 0 Å². The molecule has 22 heavy (non-hydrogen) atoms. The van der Waals surface area contributed by atoms with Crippen LogP contribution in [-0.2, 0) is 9.53 Å². The van der Waals surface area contributed by atoms with E-state index in [-0.39, 0.29) is 24.0 Å². The smallest absolute Gasteiger partial charge is 0.249 e. The van der Waals surface area contributed by atoms with Crippen LogP contribution >= 0.6 is 11.3 Å². The molecule has 0 N–H and O–H groups in total. The summed E-state index contributed by atoms with van der Waals surface area (Å²) < 4.78 is 10.7. The van der Waals surface area contributed by atoms with Gasteiger partial charge < -0.3 is 14.2 Å². The number of nitrogens with zero attached hydrogens (tertiary/aromatic N) is 3. The third-order valence-corrected chi connectivity index (χ3v) is 4.82. The average Bonchev–Trinajstić information content (AvgIpc) is 3.25. The van der Waals surface area contributed by atoms with E-state index in [2.05, 4.69) is 10.1 Å². The topological polar surface area (TPSA) is 68.5 Å². The number of thiophene rings is 1. The number of carbonyl (C=O) groups is 1. The zero-order chi connectivity index (χ0) is 15.7. The van der Waals surface area contributed by atoms with Crippen molar-refractivity contribution < 1.29 is 14.1 Å². The van der Waals surface area contributed by atoms with Crippen molar-refractivity contribution in [2.24, 2.45) is 0 Å². The minimum absolute atomic E-state index is 0.00386. The van der Waals surface area contributed by atoms with Crippen molar-refractivity contribution in [3.63, 3.8) is 0 Å². The predicted octanol–water partition coefficient (Wildman–Crippen LogP) is 2.53. The van der Waals surface area contributed by atoms with Gasteiger partial charge in [-0.2, -0.15) is 16.3 Å². The lowest BCUT2D eigenvalue weighted by molar-refractivity contribution is -0.134. The molecule has 2 aromatic heterocycles. The van der Waals surface area contributed by atoms with Gasteiger partial charge in [-0.1, -0.05) is 5.16 Å². The molecule has 118 valence electrons. The van der Waals surface area contributed by atoms with Crippen LogP contribution in [0.5, 0.6) is 0 Å². The molecular weight excluding hydrogens is 302 g/mol. The highest BCUT2D eigenvalue weighted by atomic mass is 32.1. The molecule has 1 unspecified atom stereocenters. The van der Waals surface area contributed by atoms with Gasteiger partial charge in [0.1, 0.15) is 6.04 Å². The van der Waals surface area contributed by atoms with Crippen LogP contribution in [0.15, 0.2) is 21.3 Å². The molecule has 0 spiro atoms. The van der Waals surface area contributed by atoms with E-state index >= 15 is 0 Å². The molecule has 6 nitrogen and oxygen atoms in total. The maximum atomic E-state index is 12.9. The van der Waals surface area contributed by atoms with Crippen molar-refractivity contribution in [2.75, 3.05) is 13.7 Å². The van der Waals surface area contributed by atoms with Crippen LogP contribution in [0.1, 0.15) is 42.6 Å². The van der Waals surface area contributed by atoms with E-state index in [4.69, 9.17) is 9.26 Å². The highest BCUT2D eigenvalue weighted by Gasteiger charge is 2.41. The van der Waals surface area contributed by atoms with Gasteiger partial charge in [-0.25, -0.2) is 0 Å². The van der Waals surface area contributed by atoms with Crippen LogP contribution in [0.3, 0.4) is 0 Å². The molecule has 3 heterocycles. The molecule has 1 fully saturated rings. The van der Waals surface area contributed by atoms with E-state index in [1.165, 1.54) is 0 Å². The summed E-state index contributed by atoms with van der Waals surface area (Å²) >= 11 is 1.60. The summed E-state index contributed by atoms with van der Waals surface area (Å²) in [6, 6.07) is 1.78. The first-order chi connectivity index (χ1) is 10.6.